The van der Waals surface area contributed by atoms with Gasteiger partial charge in [-0.15, -0.1) is 0 Å². The Morgan fingerprint density at radius 2 is 1.83 bits per heavy atom. The van der Waals surface area contributed by atoms with Crippen LogP contribution in [0.4, 0.5) is 10.1 Å². The first-order valence-electron chi connectivity index (χ1n) is 8.90. The number of carbonyl (C=O) groups is 2. The van der Waals surface area contributed by atoms with Crippen molar-refractivity contribution < 1.29 is 19.1 Å². The van der Waals surface area contributed by atoms with Gasteiger partial charge in [-0.3, -0.25) is 14.7 Å². The monoisotopic (exact) mass is 406 g/mol. The van der Waals surface area contributed by atoms with Gasteiger partial charge in [0.1, 0.15) is 11.4 Å². The summed E-state index contributed by atoms with van der Waals surface area (Å²) in [7, 11) is 0. The molecular weight excluding hydrogens is 391 g/mol. The lowest BCUT2D eigenvalue weighted by Gasteiger charge is -2.05. The first-order chi connectivity index (χ1) is 14.4. The largest absolute Gasteiger partial charge is 0.478 e. The molecule has 0 saturated heterocycles. The van der Waals surface area contributed by atoms with Gasteiger partial charge in [-0.2, -0.15) is 0 Å². The number of hydrogen-bond donors (Lipinski definition) is 3. The Labute approximate surface area is 168 Å². The molecule has 0 fully saturated rings. The second kappa shape index (κ2) is 7.63. The number of rotatable bonds is 5. The van der Waals surface area contributed by atoms with E-state index in [9.17, 15) is 18.8 Å². The highest BCUT2D eigenvalue weighted by Crippen LogP contribution is 2.15. The number of hydrogen-bond acceptors (Lipinski definition) is 4. The molecule has 2 heterocycles. The number of nitrogens with one attached hydrogen (secondary N) is 2. The van der Waals surface area contributed by atoms with E-state index < -0.39 is 23.3 Å². The van der Waals surface area contributed by atoms with Crippen molar-refractivity contribution in [2.45, 2.75) is 6.42 Å². The Hall–Kier alpha value is -4.27. The molecule has 30 heavy (non-hydrogen) atoms. The molecule has 4 aromatic rings. The topological polar surface area (TPSA) is 117 Å². The molecule has 0 bridgehead atoms. The van der Waals surface area contributed by atoms with Gasteiger partial charge in [0.15, 0.2) is 5.65 Å². The third-order valence-electron chi connectivity index (χ3n) is 4.58. The van der Waals surface area contributed by atoms with Crippen LogP contribution in [0.3, 0.4) is 0 Å². The maximum atomic E-state index is 13.9. The minimum absolute atomic E-state index is 0.0674. The number of aromatic nitrogens is 3. The zero-order chi connectivity index (χ0) is 21.3. The number of carboxylic acids is 1. The van der Waals surface area contributed by atoms with Gasteiger partial charge < -0.3 is 10.4 Å². The fourth-order valence-electron chi connectivity index (χ4n) is 3.03. The van der Waals surface area contributed by atoms with Crippen LogP contribution in [0.15, 0.2) is 65.7 Å². The van der Waals surface area contributed by atoms with E-state index in [4.69, 9.17) is 5.11 Å². The van der Waals surface area contributed by atoms with Crippen LogP contribution in [0, 0.1) is 5.82 Å². The Balaban J connectivity index is 1.61. The summed E-state index contributed by atoms with van der Waals surface area (Å²) >= 11 is 0. The predicted molar refractivity (Wildman–Crippen MR) is 106 cm³/mol. The molecule has 2 aromatic carbocycles. The van der Waals surface area contributed by atoms with Crippen molar-refractivity contribution in [3.05, 3.63) is 99.3 Å². The third kappa shape index (κ3) is 3.55. The molecule has 4 rings (SSSR count). The zero-order valence-electron chi connectivity index (χ0n) is 15.4. The average Bonchev–Trinajstić information content (AvgIpc) is 3.17. The lowest BCUT2D eigenvalue weighted by Crippen LogP contribution is -2.21. The number of carboxylic acid groups (broad SMARTS) is 1. The van der Waals surface area contributed by atoms with Gasteiger partial charge in [0, 0.05) is 30.1 Å². The minimum Gasteiger partial charge on any atom is -0.478 e. The summed E-state index contributed by atoms with van der Waals surface area (Å²) in [4.78, 5) is 40.4. The van der Waals surface area contributed by atoms with Crippen molar-refractivity contribution in [2.24, 2.45) is 0 Å². The number of fused-ring (bicyclic) bond motifs is 1. The van der Waals surface area contributed by atoms with Crippen LogP contribution in [-0.2, 0) is 6.42 Å². The summed E-state index contributed by atoms with van der Waals surface area (Å²) in [6, 6.07) is 11.8. The van der Waals surface area contributed by atoms with Gasteiger partial charge in [-0.05, 0) is 35.9 Å². The van der Waals surface area contributed by atoms with E-state index >= 15 is 0 Å². The Morgan fingerprint density at radius 1 is 1.10 bits per heavy atom. The van der Waals surface area contributed by atoms with E-state index in [0.717, 1.165) is 4.52 Å². The van der Waals surface area contributed by atoms with Crippen molar-refractivity contribution in [2.75, 3.05) is 5.32 Å². The van der Waals surface area contributed by atoms with E-state index in [1.807, 2.05) is 0 Å². The number of halogens is 1. The maximum Gasteiger partial charge on any atom is 0.335 e. The fraction of sp³-hybridized carbons (Fsp3) is 0.0476. The number of anilines is 1. The van der Waals surface area contributed by atoms with Crippen LogP contribution >= 0.6 is 0 Å². The molecule has 0 radical (unpaired) electrons. The maximum absolute atomic E-state index is 13.9. The summed E-state index contributed by atoms with van der Waals surface area (Å²) in [6.07, 6.45) is 2.74. The molecule has 0 spiro atoms. The number of carbonyl (C=O) groups excluding carboxylic acids is 1. The molecule has 150 valence electrons. The molecule has 1 amide bonds. The SMILES string of the molecule is O=C(O)c1ccc(NC(=O)c2c[nH]n3c(=O)c(Cc4ccccc4F)cnc23)cc1. The standard InChI is InChI=1S/C21H15FN4O4/c22-17-4-2-1-3-13(17)9-14-10-23-18-16(11-24-26(18)20(14)28)19(27)25-15-7-5-12(6-8-15)21(29)30/h1-8,10-11,24H,9H2,(H,25,27)(H,29,30). The van der Waals surface area contributed by atoms with Gasteiger partial charge in [0.25, 0.3) is 11.5 Å². The first kappa shape index (κ1) is 19.1. The van der Waals surface area contributed by atoms with E-state index in [1.165, 1.54) is 42.7 Å². The highest BCUT2D eigenvalue weighted by atomic mass is 19.1. The van der Waals surface area contributed by atoms with E-state index in [-0.39, 0.29) is 28.8 Å². The van der Waals surface area contributed by atoms with Gasteiger partial charge in [-0.1, -0.05) is 18.2 Å². The molecule has 8 nitrogen and oxygen atoms in total. The molecular formula is C21H15FN4O4. The van der Waals surface area contributed by atoms with Crippen molar-refractivity contribution in [1.29, 1.82) is 0 Å². The highest BCUT2D eigenvalue weighted by molar-refractivity contribution is 6.08. The third-order valence-corrected chi connectivity index (χ3v) is 4.58. The van der Waals surface area contributed by atoms with Crippen LogP contribution in [0.25, 0.3) is 5.65 Å². The number of nitrogens with zero attached hydrogens (tertiary/aromatic N) is 2. The fourth-order valence-corrected chi connectivity index (χ4v) is 3.03. The Morgan fingerprint density at radius 3 is 2.53 bits per heavy atom. The van der Waals surface area contributed by atoms with Crippen LogP contribution in [0.5, 0.6) is 0 Å². The van der Waals surface area contributed by atoms with Crippen molar-refractivity contribution in [3.63, 3.8) is 0 Å². The molecule has 9 heteroatoms. The average molecular weight is 406 g/mol. The Kier molecular flexibility index (Phi) is 4.85. The van der Waals surface area contributed by atoms with Gasteiger partial charge in [-0.25, -0.2) is 18.7 Å². The molecule has 0 atom stereocenters. The second-order valence-electron chi connectivity index (χ2n) is 6.54. The van der Waals surface area contributed by atoms with E-state index in [1.54, 1.807) is 18.2 Å². The number of benzene rings is 2. The van der Waals surface area contributed by atoms with Gasteiger partial charge >= 0.3 is 5.97 Å². The minimum atomic E-state index is -1.07. The lowest BCUT2D eigenvalue weighted by molar-refractivity contribution is 0.0696. The van der Waals surface area contributed by atoms with Crippen molar-refractivity contribution >= 4 is 23.2 Å². The van der Waals surface area contributed by atoms with E-state index in [2.05, 4.69) is 15.4 Å². The van der Waals surface area contributed by atoms with Gasteiger partial charge in [0.2, 0.25) is 0 Å². The highest BCUT2D eigenvalue weighted by Gasteiger charge is 2.17. The number of H-pyrrole nitrogens is 1. The molecule has 2 aromatic heterocycles. The van der Waals surface area contributed by atoms with Crippen molar-refractivity contribution in [1.82, 2.24) is 14.6 Å². The Bertz CT molecular complexity index is 1330. The number of amides is 1. The summed E-state index contributed by atoms with van der Waals surface area (Å²) in [5.41, 5.74) is 0.941. The molecule has 3 N–H and O–H groups in total. The van der Waals surface area contributed by atoms with Crippen molar-refractivity contribution in [3.8, 4) is 0 Å². The quantitative estimate of drug-likeness (QED) is 0.471. The first-order valence-corrected chi connectivity index (χ1v) is 8.90. The van der Waals surface area contributed by atoms with Crippen LogP contribution < -0.4 is 10.9 Å². The van der Waals surface area contributed by atoms with E-state index in [0.29, 0.717) is 11.3 Å². The number of aromatic amines is 1. The summed E-state index contributed by atoms with van der Waals surface area (Å²) in [5, 5.41) is 14.3. The molecule has 0 saturated carbocycles. The second-order valence-corrected chi connectivity index (χ2v) is 6.54. The predicted octanol–water partition coefficient (Wildman–Crippen LogP) is 2.70. The summed E-state index contributed by atoms with van der Waals surface area (Å²) < 4.78 is 15.0. The number of aromatic carboxylic acids is 1. The normalized spacial score (nSPS) is 10.8. The molecule has 0 aliphatic heterocycles. The zero-order valence-corrected chi connectivity index (χ0v) is 15.4. The lowest BCUT2D eigenvalue weighted by atomic mass is 10.1. The summed E-state index contributed by atoms with van der Waals surface area (Å²) in [5.74, 6) is -2.01. The molecule has 0 aliphatic rings. The van der Waals surface area contributed by atoms with Gasteiger partial charge in [0.05, 0.1) is 5.56 Å². The molecule has 0 unspecified atom stereocenters. The summed E-state index contributed by atoms with van der Waals surface area (Å²) in [6.45, 7) is 0. The van der Waals surface area contributed by atoms with Crippen LogP contribution in [-0.4, -0.2) is 31.6 Å². The van der Waals surface area contributed by atoms with Crippen LogP contribution in [0.2, 0.25) is 0 Å². The molecule has 0 aliphatic carbocycles. The smallest absolute Gasteiger partial charge is 0.335 e. The van der Waals surface area contributed by atoms with Crippen LogP contribution in [0.1, 0.15) is 31.8 Å².